The van der Waals surface area contributed by atoms with Gasteiger partial charge >= 0.3 is 0 Å². The maximum absolute atomic E-state index is 13.9. The van der Waals surface area contributed by atoms with Gasteiger partial charge in [0, 0.05) is 18.1 Å². The van der Waals surface area contributed by atoms with Crippen LogP contribution in [0.3, 0.4) is 0 Å². The summed E-state index contributed by atoms with van der Waals surface area (Å²) in [7, 11) is 1.81. The normalized spacial score (nSPS) is 21.0. The van der Waals surface area contributed by atoms with Gasteiger partial charge in [0.25, 0.3) is 0 Å². The van der Waals surface area contributed by atoms with Crippen molar-refractivity contribution >= 4 is 17.5 Å². The molecule has 1 unspecified atom stereocenters. The monoisotopic (exact) mass is 271 g/mol. The number of ketones is 1. The predicted octanol–water partition coefficient (Wildman–Crippen LogP) is 2.50. The molecule has 0 bridgehead atoms. The maximum Gasteiger partial charge on any atom is 0.186 e. The van der Waals surface area contributed by atoms with Crippen molar-refractivity contribution < 1.29 is 13.6 Å². The SMILES string of the molecule is Cc1ccc(F)c(C(=O)C2CSCCN2C)c1F. The fourth-order valence-electron chi connectivity index (χ4n) is 2.01. The summed E-state index contributed by atoms with van der Waals surface area (Å²) in [6.07, 6.45) is 0. The van der Waals surface area contributed by atoms with Crippen molar-refractivity contribution in [2.75, 3.05) is 25.1 Å². The first-order valence-electron chi connectivity index (χ1n) is 5.79. The second-order valence-corrected chi connectivity index (χ2v) is 5.64. The summed E-state index contributed by atoms with van der Waals surface area (Å²) in [4.78, 5) is 14.1. The first-order chi connectivity index (χ1) is 8.52. The van der Waals surface area contributed by atoms with Gasteiger partial charge in [-0.2, -0.15) is 11.8 Å². The Balaban J connectivity index is 2.36. The number of hydrogen-bond acceptors (Lipinski definition) is 3. The number of rotatable bonds is 2. The number of Topliss-reactive ketones (excluding diaryl/α,β-unsaturated/α-hetero) is 1. The molecule has 1 aliphatic rings. The number of thioether (sulfide) groups is 1. The zero-order valence-corrected chi connectivity index (χ0v) is 11.2. The highest BCUT2D eigenvalue weighted by molar-refractivity contribution is 7.99. The number of aryl methyl sites for hydroxylation is 1. The number of carbonyl (C=O) groups excluding carboxylic acids is 1. The van der Waals surface area contributed by atoms with E-state index in [1.165, 1.54) is 13.0 Å². The van der Waals surface area contributed by atoms with E-state index in [9.17, 15) is 13.6 Å². The molecule has 2 rings (SSSR count). The first-order valence-corrected chi connectivity index (χ1v) is 6.94. The number of halogens is 2. The smallest absolute Gasteiger partial charge is 0.186 e. The molecule has 5 heteroatoms. The van der Waals surface area contributed by atoms with Crippen molar-refractivity contribution in [3.8, 4) is 0 Å². The summed E-state index contributed by atoms with van der Waals surface area (Å²) in [5.74, 6) is -0.430. The van der Waals surface area contributed by atoms with E-state index in [2.05, 4.69) is 0 Å². The molecule has 0 saturated carbocycles. The van der Waals surface area contributed by atoms with E-state index in [1.54, 1.807) is 11.8 Å². The van der Waals surface area contributed by atoms with Crippen molar-refractivity contribution in [1.29, 1.82) is 0 Å². The number of nitrogens with zero attached hydrogens (tertiary/aromatic N) is 1. The molecule has 0 aliphatic carbocycles. The van der Waals surface area contributed by atoms with Crippen LogP contribution in [0.2, 0.25) is 0 Å². The fraction of sp³-hybridized carbons (Fsp3) is 0.462. The molecule has 1 atom stereocenters. The Morgan fingerprint density at radius 3 is 2.83 bits per heavy atom. The molecule has 1 saturated heterocycles. The molecule has 0 radical (unpaired) electrons. The molecule has 1 fully saturated rings. The van der Waals surface area contributed by atoms with Crippen LogP contribution in [0.4, 0.5) is 8.78 Å². The molecule has 1 aromatic rings. The van der Waals surface area contributed by atoms with Crippen LogP contribution in [0.5, 0.6) is 0 Å². The topological polar surface area (TPSA) is 20.3 Å². The Labute approximate surface area is 109 Å². The van der Waals surface area contributed by atoms with Crippen LogP contribution in [0.15, 0.2) is 12.1 Å². The molecule has 1 heterocycles. The van der Waals surface area contributed by atoms with Crippen molar-refractivity contribution in [1.82, 2.24) is 4.90 Å². The largest absolute Gasteiger partial charge is 0.295 e. The maximum atomic E-state index is 13.9. The van der Waals surface area contributed by atoms with Crippen LogP contribution >= 0.6 is 11.8 Å². The molecule has 0 amide bonds. The Bertz CT molecular complexity index is 478. The second kappa shape index (κ2) is 5.36. The number of carbonyl (C=O) groups is 1. The summed E-state index contributed by atoms with van der Waals surface area (Å²) in [5, 5.41) is 0. The minimum atomic E-state index is -0.771. The highest BCUT2D eigenvalue weighted by Gasteiger charge is 2.31. The first kappa shape index (κ1) is 13.5. The van der Waals surface area contributed by atoms with Gasteiger partial charge < -0.3 is 0 Å². The van der Waals surface area contributed by atoms with E-state index in [-0.39, 0.29) is 0 Å². The van der Waals surface area contributed by atoms with Gasteiger partial charge in [-0.3, -0.25) is 9.69 Å². The van der Waals surface area contributed by atoms with E-state index in [1.807, 2.05) is 11.9 Å². The molecular formula is C13H15F2NOS. The molecule has 0 aromatic heterocycles. The summed E-state index contributed by atoms with van der Waals surface area (Å²) in [6.45, 7) is 2.29. The molecule has 18 heavy (non-hydrogen) atoms. The van der Waals surface area contributed by atoms with Crippen LogP contribution < -0.4 is 0 Å². The van der Waals surface area contributed by atoms with Gasteiger partial charge in [-0.1, -0.05) is 6.07 Å². The Kier molecular flexibility index (Phi) is 4.02. The van der Waals surface area contributed by atoms with Gasteiger partial charge in [0.1, 0.15) is 11.6 Å². The highest BCUT2D eigenvalue weighted by Crippen LogP contribution is 2.23. The van der Waals surface area contributed by atoms with Gasteiger partial charge in [0.2, 0.25) is 0 Å². The molecule has 0 N–H and O–H groups in total. The zero-order chi connectivity index (χ0) is 13.3. The molecule has 1 aromatic carbocycles. The third kappa shape index (κ3) is 2.42. The molecule has 98 valence electrons. The molecule has 1 aliphatic heterocycles. The van der Waals surface area contributed by atoms with E-state index in [4.69, 9.17) is 0 Å². The van der Waals surface area contributed by atoms with E-state index in [0.717, 1.165) is 18.4 Å². The minimum absolute atomic E-state index is 0.297. The Morgan fingerprint density at radius 1 is 1.44 bits per heavy atom. The van der Waals surface area contributed by atoms with Crippen molar-refractivity contribution in [3.63, 3.8) is 0 Å². The van der Waals surface area contributed by atoms with E-state index < -0.39 is 29.0 Å². The lowest BCUT2D eigenvalue weighted by atomic mass is 10.0. The van der Waals surface area contributed by atoms with Crippen LogP contribution in [0.25, 0.3) is 0 Å². The average Bonchev–Trinajstić information content (AvgIpc) is 2.35. The van der Waals surface area contributed by atoms with Gasteiger partial charge in [0.05, 0.1) is 11.6 Å². The lowest BCUT2D eigenvalue weighted by Crippen LogP contribution is -2.45. The number of likely N-dealkylation sites (N-methyl/N-ethyl adjacent to an activating group) is 1. The van der Waals surface area contributed by atoms with Crippen LogP contribution in [-0.2, 0) is 0 Å². The third-order valence-corrected chi connectivity index (χ3v) is 4.25. The quantitative estimate of drug-likeness (QED) is 0.771. The molecule has 2 nitrogen and oxygen atoms in total. The van der Waals surface area contributed by atoms with Crippen LogP contribution in [0.1, 0.15) is 15.9 Å². The van der Waals surface area contributed by atoms with E-state index >= 15 is 0 Å². The second-order valence-electron chi connectivity index (χ2n) is 4.49. The minimum Gasteiger partial charge on any atom is -0.295 e. The van der Waals surface area contributed by atoms with Gasteiger partial charge in [-0.15, -0.1) is 0 Å². The Morgan fingerprint density at radius 2 is 2.17 bits per heavy atom. The fourth-order valence-corrected chi connectivity index (χ4v) is 3.22. The van der Waals surface area contributed by atoms with Gasteiger partial charge in [-0.25, -0.2) is 8.78 Å². The Hall–Kier alpha value is -0.940. The predicted molar refractivity (Wildman–Crippen MR) is 69.2 cm³/mol. The van der Waals surface area contributed by atoms with Crippen molar-refractivity contribution in [3.05, 3.63) is 34.9 Å². The number of benzene rings is 1. The average molecular weight is 271 g/mol. The molecule has 0 spiro atoms. The zero-order valence-electron chi connectivity index (χ0n) is 10.4. The highest BCUT2D eigenvalue weighted by atomic mass is 32.2. The summed E-state index contributed by atoms with van der Waals surface area (Å²) >= 11 is 1.64. The lowest BCUT2D eigenvalue weighted by molar-refractivity contribution is 0.0865. The summed E-state index contributed by atoms with van der Waals surface area (Å²) in [5.41, 5.74) is -0.0970. The van der Waals surface area contributed by atoms with E-state index in [0.29, 0.717) is 11.3 Å². The summed E-state index contributed by atoms with van der Waals surface area (Å²) < 4.78 is 27.6. The molecular weight excluding hydrogens is 256 g/mol. The van der Waals surface area contributed by atoms with Crippen molar-refractivity contribution in [2.24, 2.45) is 0 Å². The van der Waals surface area contributed by atoms with Gasteiger partial charge in [0.15, 0.2) is 5.78 Å². The van der Waals surface area contributed by atoms with Crippen LogP contribution in [-0.4, -0.2) is 41.8 Å². The lowest BCUT2D eigenvalue weighted by Gasteiger charge is -2.31. The van der Waals surface area contributed by atoms with Gasteiger partial charge in [-0.05, 0) is 25.6 Å². The number of hydrogen-bond donors (Lipinski definition) is 0. The third-order valence-electron chi connectivity index (χ3n) is 3.23. The standard InChI is InChI=1S/C13H15F2NOS/c1-8-3-4-9(14)11(12(8)15)13(17)10-7-18-6-5-16(10)2/h3-4,10H,5-7H2,1-2H3. The van der Waals surface area contributed by atoms with Crippen LogP contribution in [0, 0.1) is 18.6 Å². The summed E-state index contributed by atoms with van der Waals surface area (Å²) in [6, 6.07) is 2.07. The van der Waals surface area contributed by atoms with Crippen molar-refractivity contribution in [2.45, 2.75) is 13.0 Å².